The van der Waals surface area contributed by atoms with Gasteiger partial charge < -0.3 is 24.7 Å². The highest BCUT2D eigenvalue weighted by Crippen LogP contribution is 2.04. The van der Waals surface area contributed by atoms with Crippen molar-refractivity contribution in [1.82, 2.24) is 5.32 Å². The van der Waals surface area contributed by atoms with Crippen molar-refractivity contribution in [2.75, 3.05) is 19.7 Å². The molecule has 0 amide bonds. The van der Waals surface area contributed by atoms with Crippen molar-refractivity contribution in [3.63, 3.8) is 0 Å². The van der Waals surface area contributed by atoms with Crippen LogP contribution in [0.25, 0.3) is 0 Å². The molecule has 8 nitrogen and oxygen atoms in total. The van der Waals surface area contributed by atoms with Crippen molar-refractivity contribution in [3.05, 3.63) is 34.7 Å². The van der Waals surface area contributed by atoms with E-state index in [9.17, 15) is 0 Å². The van der Waals surface area contributed by atoms with Gasteiger partial charge in [0.1, 0.15) is 0 Å². The molecule has 2 aliphatic carbocycles. The molecule has 0 atom stereocenters. The van der Waals surface area contributed by atoms with Crippen molar-refractivity contribution < 1.29 is 27.8 Å². The van der Waals surface area contributed by atoms with Crippen LogP contribution in [0.2, 0.25) is 0 Å². The molecule has 0 saturated heterocycles. The van der Waals surface area contributed by atoms with Crippen LogP contribution < -0.4 is 11.2 Å². The number of nitrogens with two attached hydrogens (primary N) is 1. The molecule has 0 bridgehead atoms. The van der Waals surface area contributed by atoms with Crippen LogP contribution >= 0.6 is 0 Å². The fourth-order valence-electron chi connectivity index (χ4n) is 0.919. The third-order valence-corrected chi connectivity index (χ3v) is 1.76. The van der Waals surface area contributed by atoms with Crippen molar-refractivity contribution in [1.29, 1.82) is 0 Å². The van der Waals surface area contributed by atoms with Gasteiger partial charge >= 0.3 is 0 Å². The zero-order valence-electron chi connectivity index (χ0n) is 10.4. The minimum absolute atomic E-state index is 0.244. The van der Waals surface area contributed by atoms with E-state index in [-0.39, 0.29) is 6.61 Å². The fraction of sp³-hybridized carbons (Fsp3) is 0.400. The van der Waals surface area contributed by atoms with Crippen LogP contribution in [0.1, 0.15) is 6.92 Å². The van der Waals surface area contributed by atoms with Gasteiger partial charge in [0.2, 0.25) is 0 Å². The fourth-order valence-corrected chi connectivity index (χ4v) is 0.919. The van der Waals surface area contributed by atoms with Gasteiger partial charge in [-0.15, -0.1) is 0 Å². The predicted molar refractivity (Wildman–Crippen MR) is 66.2 cm³/mol. The summed E-state index contributed by atoms with van der Waals surface area (Å²) in [5.41, 5.74) is 0. The number of aliphatic hydroxyl groups excluding tert-OH is 1. The molecule has 0 radical (unpaired) electrons. The summed E-state index contributed by atoms with van der Waals surface area (Å²) in [6.45, 7) is 3.92. The van der Waals surface area contributed by atoms with E-state index in [1.165, 1.54) is 10.4 Å². The van der Waals surface area contributed by atoms with Crippen molar-refractivity contribution in [2.45, 2.75) is 6.92 Å². The molecular formula is C10H18N2O6S-2. The molecule has 0 aromatic heterocycles. The first kappa shape index (κ1) is 20.3. The van der Waals surface area contributed by atoms with Crippen LogP contribution in [0.3, 0.4) is 0 Å². The van der Waals surface area contributed by atoms with E-state index in [2.05, 4.69) is 35.5 Å². The van der Waals surface area contributed by atoms with Gasteiger partial charge in [-0.2, -0.15) is 0 Å². The Labute approximate surface area is 111 Å². The standard InChI is InChI=1S/C6H4.C4H11NO.H3NO.H2O4S/c1-2-6-4-3-5(1)6;1-2-5-3-4-6;1-2;1-5(2,3)4/h1-4H;5-6H,2-4H2,1H3;2H,1H2;(H2,1,2,3,4)/p-2. The normalized spacial score (nSPS) is 9.79. The topological polar surface area (TPSA) is 159 Å². The van der Waals surface area contributed by atoms with E-state index in [1.807, 2.05) is 6.92 Å². The van der Waals surface area contributed by atoms with E-state index in [4.69, 9.17) is 27.8 Å². The number of rotatable bonds is 3. The largest absolute Gasteiger partial charge is 0.759 e. The number of benzene rings is 1. The van der Waals surface area contributed by atoms with Crippen LogP contribution in [0.4, 0.5) is 0 Å². The van der Waals surface area contributed by atoms with Crippen LogP contribution in [-0.4, -0.2) is 47.5 Å². The first-order chi connectivity index (χ1) is 8.88. The second kappa shape index (κ2) is 12.0. The van der Waals surface area contributed by atoms with Crippen LogP contribution in [-0.2, 0) is 10.4 Å². The molecular weight excluding hydrogens is 276 g/mol. The Kier molecular flexibility index (Phi) is 12.8. The number of hydrogen-bond donors (Lipinski definition) is 4. The smallest absolute Gasteiger partial charge is 0.0555 e. The summed E-state index contributed by atoms with van der Waals surface area (Å²) in [6, 6.07) is 8.48. The molecule has 0 heterocycles. The third kappa shape index (κ3) is 14.9. The first-order valence-corrected chi connectivity index (χ1v) is 6.56. The van der Waals surface area contributed by atoms with Gasteiger partial charge in [0.25, 0.3) is 0 Å². The van der Waals surface area contributed by atoms with E-state index in [1.54, 1.807) is 0 Å². The number of aliphatic hydroxyl groups is 1. The van der Waals surface area contributed by atoms with E-state index < -0.39 is 10.4 Å². The molecule has 0 aliphatic heterocycles. The zero-order valence-corrected chi connectivity index (χ0v) is 11.3. The van der Waals surface area contributed by atoms with Crippen molar-refractivity contribution in [2.24, 2.45) is 5.90 Å². The quantitative estimate of drug-likeness (QED) is 0.239. The van der Waals surface area contributed by atoms with Gasteiger partial charge in [0.15, 0.2) is 0 Å². The maximum absolute atomic E-state index is 8.52. The molecule has 9 heteroatoms. The number of likely N-dealkylation sites (N-methyl/N-ethyl adjacent to an activating group) is 1. The minimum Gasteiger partial charge on any atom is -0.759 e. The highest BCUT2D eigenvalue weighted by atomic mass is 32.3. The molecule has 0 saturated carbocycles. The van der Waals surface area contributed by atoms with E-state index in [0.717, 1.165) is 13.1 Å². The zero-order chi connectivity index (χ0) is 15.3. The summed E-state index contributed by atoms with van der Waals surface area (Å²) in [4.78, 5) is 0. The Morgan fingerprint density at radius 3 is 1.53 bits per heavy atom. The van der Waals surface area contributed by atoms with Gasteiger partial charge in [-0.05, 0) is 17.0 Å². The lowest BCUT2D eigenvalue weighted by atomic mass is 10.1. The molecule has 112 valence electrons. The lowest BCUT2D eigenvalue weighted by molar-refractivity contribution is 0.293. The van der Waals surface area contributed by atoms with Gasteiger partial charge in [-0.3, -0.25) is 8.42 Å². The van der Waals surface area contributed by atoms with Crippen molar-refractivity contribution >= 4 is 10.4 Å². The molecule has 2 rings (SSSR count). The second-order valence-electron chi connectivity index (χ2n) is 3.06. The first-order valence-electron chi connectivity index (χ1n) is 5.23. The molecule has 0 aromatic carbocycles. The maximum atomic E-state index is 8.52. The minimum atomic E-state index is -5.17. The average molecular weight is 294 g/mol. The Balaban J connectivity index is 0. The lowest BCUT2D eigenvalue weighted by Crippen LogP contribution is -2.16. The monoisotopic (exact) mass is 294 g/mol. The van der Waals surface area contributed by atoms with Gasteiger partial charge in [0, 0.05) is 16.9 Å². The molecule has 0 aromatic rings. The Bertz CT molecular complexity index is 443. The number of hydrogen-bond acceptors (Lipinski definition) is 8. The van der Waals surface area contributed by atoms with Crippen LogP contribution in [0.15, 0.2) is 24.3 Å². The molecule has 19 heavy (non-hydrogen) atoms. The lowest BCUT2D eigenvalue weighted by Gasteiger charge is -2.06. The Morgan fingerprint density at radius 2 is 1.47 bits per heavy atom. The summed E-state index contributed by atoms with van der Waals surface area (Å²) in [5.74, 6) is 3.50. The van der Waals surface area contributed by atoms with Gasteiger partial charge in [-0.1, -0.05) is 31.2 Å². The summed E-state index contributed by atoms with van der Waals surface area (Å²) < 4.78 is 34.1. The number of nitrogens with one attached hydrogen (secondary N) is 1. The molecule has 5 N–H and O–H groups in total. The van der Waals surface area contributed by atoms with E-state index in [0.29, 0.717) is 0 Å². The summed E-state index contributed by atoms with van der Waals surface area (Å²) in [7, 11) is -5.17. The SMILES string of the molecule is CCNCCO.NO.O=S(=O)([O-])[O-].c1cc2ccc1=2. The highest BCUT2D eigenvalue weighted by molar-refractivity contribution is 7.79. The molecule has 0 fully saturated rings. The molecule has 2 aliphatic rings. The Hall–Kier alpha value is -1.07. The van der Waals surface area contributed by atoms with Gasteiger partial charge in [0.05, 0.1) is 6.61 Å². The average Bonchev–Trinajstić information content (AvgIpc) is 2.32. The third-order valence-electron chi connectivity index (χ3n) is 1.76. The van der Waals surface area contributed by atoms with Crippen LogP contribution in [0.5, 0.6) is 0 Å². The maximum Gasteiger partial charge on any atom is 0.0555 e. The second-order valence-corrected chi connectivity index (χ2v) is 3.88. The summed E-state index contributed by atoms with van der Waals surface area (Å²) in [6.07, 6.45) is 0. The summed E-state index contributed by atoms with van der Waals surface area (Å²) >= 11 is 0. The van der Waals surface area contributed by atoms with E-state index >= 15 is 0 Å². The van der Waals surface area contributed by atoms with Crippen LogP contribution in [0, 0.1) is 10.4 Å². The van der Waals surface area contributed by atoms with Crippen molar-refractivity contribution in [3.8, 4) is 0 Å². The molecule has 0 spiro atoms. The van der Waals surface area contributed by atoms with Gasteiger partial charge in [-0.25, -0.2) is 5.90 Å². The highest BCUT2D eigenvalue weighted by Gasteiger charge is 1.88. The summed E-state index contributed by atoms with van der Waals surface area (Å²) in [5, 5.41) is 20.4. The predicted octanol–water partition coefficient (Wildman–Crippen LogP) is -1.13. The molecule has 0 unspecified atom stereocenters. The Morgan fingerprint density at radius 1 is 1.16 bits per heavy atom.